The second kappa shape index (κ2) is 8.00. The topological polar surface area (TPSA) is 70.1 Å². The maximum atomic E-state index is 13.5. The minimum absolute atomic E-state index is 0.0242. The first-order valence-corrected chi connectivity index (χ1v) is 9.97. The first kappa shape index (κ1) is 20.8. The van der Waals surface area contributed by atoms with Gasteiger partial charge in [-0.05, 0) is 66.8 Å². The number of halogens is 1. The monoisotopic (exact) mass is 422 g/mol. The minimum atomic E-state index is -1.33. The molecule has 0 radical (unpaired) electrons. The number of aliphatic hydroxyl groups is 1. The third kappa shape index (κ3) is 3.61. The maximum Gasteiger partial charge on any atom is 0.416 e. The zero-order valence-corrected chi connectivity index (χ0v) is 17.3. The van der Waals surface area contributed by atoms with Crippen molar-refractivity contribution in [2.75, 3.05) is 11.5 Å². The molecular formula is C24H23FN2O4. The van der Waals surface area contributed by atoms with Gasteiger partial charge in [-0.2, -0.15) is 0 Å². The fourth-order valence-electron chi connectivity index (χ4n) is 3.99. The zero-order valence-electron chi connectivity index (χ0n) is 17.3. The molecule has 0 fully saturated rings. The van der Waals surface area contributed by atoms with E-state index in [1.165, 1.54) is 23.1 Å². The first-order chi connectivity index (χ1) is 14.8. The normalized spacial score (nSPS) is 20.0. The Hall–Kier alpha value is -3.45. The van der Waals surface area contributed by atoms with Crippen LogP contribution >= 0.6 is 0 Å². The van der Waals surface area contributed by atoms with Crippen LogP contribution < -0.4 is 4.90 Å². The standard InChI is InChI=1S/C24H23FN2O4/c1-4-9-31-24(30)27-20-11-15(3)14(2)10-19(20)22(28)26-13-17(12-21(26)23(27)29)16-5-7-18(25)8-6-16/h4-8,10-11,13,21,23,29H,1,9,12H2,2-3H3/t21-,23-/m0/s1. The Morgan fingerprint density at radius 3 is 2.61 bits per heavy atom. The second-order valence-corrected chi connectivity index (χ2v) is 7.75. The van der Waals surface area contributed by atoms with E-state index in [0.29, 0.717) is 17.7 Å². The molecule has 0 saturated heterocycles. The lowest BCUT2D eigenvalue weighted by atomic mass is 10.0. The van der Waals surface area contributed by atoms with Gasteiger partial charge >= 0.3 is 6.09 Å². The molecule has 31 heavy (non-hydrogen) atoms. The predicted molar refractivity (Wildman–Crippen MR) is 115 cm³/mol. The van der Waals surface area contributed by atoms with Crippen molar-refractivity contribution < 1.29 is 23.8 Å². The number of hydrogen-bond acceptors (Lipinski definition) is 4. The summed E-state index contributed by atoms with van der Waals surface area (Å²) >= 11 is 0. The summed E-state index contributed by atoms with van der Waals surface area (Å²) in [4.78, 5) is 28.9. The van der Waals surface area contributed by atoms with Gasteiger partial charge in [0.1, 0.15) is 12.4 Å². The Morgan fingerprint density at radius 1 is 1.26 bits per heavy atom. The molecule has 2 aromatic carbocycles. The fourth-order valence-corrected chi connectivity index (χ4v) is 3.99. The molecule has 0 aliphatic carbocycles. The Bertz CT molecular complexity index is 1090. The third-order valence-electron chi connectivity index (χ3n) is 5.76. The van der Waals surface area contributed by atoms with Gasteiger partial charge in [-0.3, -0.25) is 4.79 Å². The molecule has 0 aromatic heterocycles. The van der Waals surface area contributed by atoms with Gasteiger partial charge in [0.2, 0.25) is 0 Å². The highest BCUT2D eigenvalue weighted by Gasteiger charge is 2.45. The second-order valence-electron chi connectivity index (χ2n) is 7.75. The van der Waals surface area contributed by atoms with Crippen molar-refractivity contribution in [1.29, 1.82) is 0 Å². The summed E-state index contributed by atoms with van der Waals surface area (Å²) in [5, 5.41) is 11.2. The van der Waals surface area contributed by atoms with Gasteiger partial charge in [0.05, 0.1) is 17.3 Å². The smallest absolute Gasteiger partial charge is 0.416 e. The number of fused-ring (bicyclic) bond motifs is 2. The molecule has 2 aliphatic heterocycles. The van der Waals surface area contributed by atoms with E-state index in [2.05, 4.69) is 6.58 Å². The molecule has 6 nitrogen and oxygen atoms in total. The van der Waals surface area contributed by atoms with E-state index in [-0.39, 0.29) is 18.3 Å². The number of carbonyl (C=O) groups excluding carboxylic acids is 2. The molecule has 2 aromatic rings. The summed E-state index contributed by atoms with van der Waals surface area (Å²) in [5.41, 5.74) is 3.89. The average molecular weight is 422 g/mol. The molecule has 7 heteroatoms. The van der Waals surface area contributed by atoms with Crippen LogP contribution in [0, 0.1) is 19.7 Å². The highest BCUT2D eigenvalue weighted by molar-refractivity contribution is 6.06. The Balaban J connectivity index is 1.81. The molecule has 4 rings (SSSR count). The summed E-state index contributed by atoms with van der Waals surface area (Å²) in [6.45, 7) is 7.27. The van der Waals surface area contributed by atoms with Crippen LogP contribution in [0.5, 0.6) is 0 Å². The molecule has 160 valence electrons. The SMILES string of the molecule is C=CCOC(=O)N1c2cc(C)c(C)cc2C(=O)N2C=C(c3ccc(F)cc3)C[C@H]2[C@@H]1O. The number of rotatable bonds is 3. The molecule has 0 unspecified atom stereocenters. The van der Waals surface area contributed by atoms with Gasteiger partial charge in [0.25, 0.3) is 5.91 Å². The van der Waals surface area contributed by atoms with E-state index >= 15 is 0 Å². The van der Waals surface area contributed by atoms with Crippen LogP contribution in [0.15, 0.2) is 55.3 Å². The molecule has 1 N–H and O–H groups in total. The van der Waals surface area contributed by atoms with Crippen LogP contribution in [0.3, 0.4) is 0 Å². The lowest BCUT2D eigenvalue weighted by molar-refractivity contribution is 0.0559. The van der Waals surface area contributed by atoms with E-state index in [1.54, 1.807) is 30.5 Å². The molecule has 0 saturated carbocycles. The summed E-state index contributed by atoms with van der Waals surface area (Å²) in [6, 6.07) is 8.67. The molecule has 2 atom stereocenters. The lowest BCUT2D eigenvalue weighted by Gasteiger charge is -2.31. The Labute approximate surface area is 179 Å². The largest absolute Gasteiger partial charge is 0.445 e. The van der Waals surface area contributed by atoms with E-state index < -0.39 is 18.4 Å². The van der Waals surface area contributed by atoms with Gasteiger partial charge < -0.3 is 14.7 Å². The van der Waals surface area contributed by atoms with Gasteiger partial charge in [0, 0.05) is 6.20 Å². The number of amides is 2. The van der Waals surface area contributed by atoms with Gasteiger partial charge in [-0.1, -0.05) is 24.8 Å². The quantitative estimate of drug-likeness (QED) is 0.754. The Kier molecular flexibility index (Phi) is 5.37. The third-order valence-corrected chi connectivity index (χ3v) is 5.76. The number of benzene rings is 2. The van der Waals surface area contributed by atoms with Gasteiger partial charge in [-0.25, -0.2) is 14.1 Å². The minimum Gasteiger partial charge on any atom is -0.445 e. The van der Waals surface area contributed by atoms with E-state index in [4.69, 9.17) is 4.74 Å². The van der Waals surface area contributed by atoms with Crippen LogP contribution in [0.4, 0.5) is 14.9 Å². The number of anilines is 1. The molecule has 0 spiro atoms. The van der Waals surface area contributed by atoms with Crippen molar-refractivity contribution in [2.45, 2.75) is 32.5 Å². The van der Waals surface area contributed by atoms with Crippen molar-refractivity contribution in [2.24, 2.45) is 0 Å². The van der Waals surface area contributed by atoms with E-state index in [0.717, 1.165) is 27.2 Å². The van der Waals surface area contributed by atoms with Gasteiger partial charge in [-0.15, -0.1) is 0 Å². The summed E-state index contributed by atoms with van der Waals surface area (Å²) in [6.07, 6.45) is 1.31. The molecule has 2 amide bonds. The van der Waals surface area contributed by atoms with Gasteiger partial charge in [0.15, 0.2) is 6.23 Å². The van der Waals surface area contributed by atoms with Crippen LogP contribution in [0.25, 0.3) is 5.57 Å². The van der Waals surface area contributed by atoms with Crippen molar-refractivity contribution in [1.82, 2.24) is 4.90 Å². The number of aliphatic hydroxyl groups excluding tert-OH is 1. The van der Waals surface area contributed by atoms with Crippen LogP contribution in [-0.2, 0) is 4.74 Å². The van der Waals surface area contributed by atoms with Crippen LogP contribution in [0.1, 0.15) is 33.5 Å². The molecular weight excluding hydrogens is 399 g/mol. The average Bonchev–Trinajstić information content (AvgIpc) is 3.17. The van der Waals surface area contributed by atoms with E-state index in [9.17, 15) is 19.1 Å². The van der Waals surface area contributed by atoms with E-state index in [1.807, 2.05) is 13.8 Å². The highest BCUT2D eigenvalue weighted by Crippen LogP contribution is 2.39. The molecule has 2 aliphatic rings. The summed E-state index contributed by atoms with van der Waals surface area (Å²) in [7, 11) is 0. The highest BCUT2D eigenvalue weighted by atomic mass is 19.1. The summed E-state index contributed by atoms with van der Waals surface area (Å²) in [5.74, 6) is -0.679. The predicted octanol–water partition coefficient (Wildman–Crippen LogP) is 4.16. The first-order valence-electron chi connectivity index (χ1n) is 9.97. The van der Waals surface area contributed by atoms with Crippen molar-refractivity contribution >= 4 is 23.3 Å². The number of carbonyl (C=O) groups is 2. The van der Waals surface area contributed by atoms with Crippen LogP contribution in [-0.4, -0.2) is 40.9 Å². The van der Waals surface area contributed by atoms with Crippen molar-refractivity contribution in [3.8, 4) is 0 Å². The van der Waals surface area contributed by atoms with Crippen molar-refractivity contribution in [3.63, 3.8) is 0 Å². The zero-order chi connectivity index (χ0) is 22.3. The fraction of sp³-hybridized carbons (Fsp3) is 0.250. The number of ether oxygens (including phenoxy) is 1. The number of nitrogens with zero attached hydrogens (tertiary/aromatic N) is 2. The molecule has 0 bridgehead atoms. The summed E-state index contributed by atoms with van der Waals surface area (Å²) < 4.78 is 18.5. The lowest BCUT2D eigenvalue weighted by Crippen LogP contribution is -2.50. The van der Waals surface area contributed by atoms with Crippen molar-refractivity contribution in [3.05, 3.63) is 83.3 Å². The molecule has 2 heterocycles. The number of hydrogen-bond donors (Lipinski definition) is 1. The maximum absolute atomic E-state index is 13.5. The van der Waals surface area contributed by atoms with Crippen LogP contribution in [0.2, 0.25) is 0 Å². The number of aryl methyl sites for hydroxylation is 2. The Morgan fingerprint density at radius 2 is 1.94 bits per heavy atom.